The summed E-state index contributed by atoms with van der Waals surface area (Å²) in [6.07, 6.45) is 8.21. The minimum atomic E-state index is -0.489. The standard InChI is InChI=1S/C21H30ClFN2O2/c1-27-21(6-2-3-7-21)8-11-25-9-4-16(5-10-25)15-24-20(26)17-12-18(22)14-19(23)13-17/h12-14,16H,2-11,15H2,1H3,(H,24,26). The van der Waals surface area contributed by atoms with E-state index in [-0.39, 0.29) is 22.1 Å². The lowest BCUT2D eigenvalue weighted by Crippen LogP contribution is -2.41. The number of hydrogen-bond acceptors (Lipinski definition) is 3. The van der Waals surface area contributed by atoms with Gasteiger partial charge >= 0.3 is 0 Å². The molecular formula is C21H30ClFN2O2. The molecule has 1 heterocycles. The molecule has 1 aliphatic heterocycles. The Hall–Kier alpha value is -1.17. The number of ether oxygens (including phenoxy) is 1. The van der Waals surface area contributed by atoms with Gasteiger partial charge in [0, 0.05) is 30.8 Å². The van der Waals surface area contributed by atoms with Crippen molar-refractivity contribution in [3.8, 4) is 0 Å². The molecule has 2 fully saturated rings. The molecule has 150 valence electrons. The largest absolute Gasteiger partial charge is 0.378 e. The fourth-order valence-corrected chi connectivity index (χ4v) is 4.60. The Morgan fingerprint density at radius 3 is 2.63 bits per heavy atom. The molecule has 1 aromatic rings. The average Bonchev–Trinajstić information content (AvgIpc) is 3.14. The first-order valence-corrected chi connectivity index (χ1v) is 10.4. The molecule has 1 aromatic carbocycles. The highest BCUT2D eigenvalue weighted by atomic mass is 35.5. The SMILES string of the molecule is COC1(CCN2CCC(CNC(=O)c3cc(F)cc(Cl)c3)CC2)CCCC1. The van der Waals surface area contributed by atoms with Gasteiger partial charge in [-0.2, -0.15) is 0 Å². The quantitative estimate of drug-likeness (QED) is 0.748. The van der Waals surface area contributed by atoms with Gasteiger partial charge in [-0.25, -0.2) is 4.39 Å². The lowest BCUT2D eigenvalue weighted by molar-refractivity contribution is -0.0200. The molecule has 27 heavy (non-hydrogen) atoms. The van der Waals surface area contributed by atoms with Crippen LogP contribution in [0.5, 0.6) is 0 Å². The van der Waals surface area contributed by atoms with E-state index >= 15 is 0 Å². The van der Waals surface area contributed by atoms with Crippen molar-refractivity contribution in [2.45, 2.75) is 50.5 Å². The van der Waals surface area contributed by atoms with Gasteiger partial charge < -0.3 is 15.0 Å². The van der Waals surface area contributed by atoms with E-state index in [1.807, 2.05) is 7.11 Å². The topological polar surface area (TPSA) is 41.6 Å². The third-order valence-corrected chi connectivity index (χ3v) is 6.43. The molecule has 1 N–H and O–H groups in total. The number of hydrogen-bond donors (Lipinski definition) is 1. The zero-order valence-electron chi connectivity index (χ0n) is 16.1. The average molecular weight is 397 g/mol. The maximum atomic E-state index is 13.4. The molecule has 0 unspecified atom stereocenters. The van der Waals surface area contributed by atoms with Crippen LogP contribution in [-0.2, 0) is 4.74 Å². The monoisotopic (exact) mass is 396 g/mol. The first-order valence-electron chi connectivity index (χ1n) is 10.0. The maximum Gasteiger partial charge on any atom is 0.251 e. The number of nitrogens with zero attached hydrogens (tertiary/aromatic N) is 1. The van der Waals surface area contributed by atoms with Crippen LogP contribution in [0.3, 0.4) is 0 Å². The van der Waals surface area contributed by atoms with Crippen molar-refractivity contribution in [3.63, 3.8) is 0 Å². The molecule has 0 atom stereocenters. The second kappa shape index (κ2) is 9.35. The van der Waals surface area contributed by atoms with E-state index in [1.165, 1.54) is 43.9 Å². The fourth-order valence-electron chi connectivity index (χ4n) is 4.38. The highest BCUT2D eigenvalue weighted by molar-refractivity contribution is 6.31. The summed E-state index contributed by atoms with van der Waals surface area (Å²) in [6.45, 7) is 3.84. The molecule has 0 bridgehead atoms. The Morgan fingerprint density at radius 1 is 1.30 bits per heavy atom. The summed E-state index contributed by atoms with van der Waals surface area (Å²) < 4.78 is 19.2. The van der Waals surface area contributed by atoms with E-state index in [9.17, 15) is 9.18 Å². The first-order chi connectivity index (χ1) is 13.0. The Labute approximate surface area is 166 Å². The van der Waals surface area contributed by atoms with Crippen LogP contribution in [0.25, 0.3) is 0 Å². The van der Waals surface area contributed by atoms with Gasteiger partial charge in [-0.05, 0) is 69.3 Å². The maximum absolute atomic E-state index is 13.4. The van der Waals surface area contributed by atoms with Crippen molar-refractivity contribution in [1.29, 1.82) is 0 Å². The summed E-state index contributed by atoms with van der Waals surface area (Å²) >= 11 is 5.82. The van der Waals surface area contributed by atoms with E-state index in [4.69, 9.17) is 16.3 Å². The third-order valence-electron chi connectivity index (χ3n) is 6.21. The van der Waals surface area contributed by atoms with Crippen LogP contribution in [0.1, 0.15) is 55.3 Å². The van der Waals surface area contributed by atoms with Gasteiger partial charge in [-0.15, -0.1) is 0 Å². The number of carbonyl (C=O) groups is 1. The molecule has 0 radical (unpaired) electrons. The van der Waals surface area contributed by atoms with E-state index < -0.39 is 5.82 Å². The molecule has 1 saturated carbocycles. The number of benzene rings is 1. The number of nitrogens with one attached hydrogen (secondary N) is 1. The number of rotatable bonds is 7. The lowest BCUT2D eigenvalue weighted by Gasteiger charge is -2.35. The molecule has 1 saturated heterocycles. The van der Waals surface area contributed by atoms with Gasteiger partial charge in [0.25, 0.3) is 5.91 Å². The van der Waals surface area contributed by atoms with Gasteiger partial charge in [0.15, 0.2) is 0 Å². The van der Waals surface area contributed by atoms with E-state index in [0.717, 1.165) is 38.9 Å². The zero-order valence-corrected chi connectivity index (χ0v) is 16.9. The van der Waals surface area contributed by atoms with Crippen LogP contribution < -0.4 is 5.32 Å². The Bertz CT molecular complexity index is 621. The minimum Gasteiger partial charge on any atom is -0.378 e. The van der Waals surface area contributed by atoms with E-state index in [1.54, 1.807) is 0 Å². The minimum absolute atomic E-state index is 0.108. The van der Waals surface area contributed by atoms with E-state index in [2.05, 4.69) is 10.2 Å². The molecule has 0 aromatic heterocycles. The number of halogens is 2. The van der Waals surface area contributed by atoms with Gasteiger partial charge in [0.1, 0.15) is 5.82 Å². The van der Waals surface area contributed by atoms with Crippen molar-refractivity contribution in [1.82, 2.24) is 10.2 Å². The number of likely N-dealkylation sites (tertiary alicyclic amines) is 1. The third kappa shape index (κ3) is 5.66. The second-order valence-corrected chi connectivity index (χ2v) is 8.43. The number of piperidine rings is 1. The summed E-state index contributed by atoms with van der Waals surface area (Å²) in [6, 6.07) is 3.92. The Balaban J connectivity index is 1.38. The van der Waals surface area contributed by atoms with Crippen LogP contribution in [-0.4, -0.2) is 49.7 Å². The summed E-state index contributed by atoms with van der Waals surface area (Å²) in [5.74, 6) is -0.281. The van der Waals surface area contributed by atoms with Gasteiger partial charge in [-0.3, -0.25) is 4.79 Å². The molecule has 1 aliphatic carbocycles. The fraction of sp³-hybridized carbons (Fsp3) is 0.667. The normalized spacial score (nSPS) is 20.7. The van der Waals surface area contributed by atoms with Gasteiger partial charge in [0.2, 0.25) is 0 Å². The molecule has 6 heteroatoms. The molecular weight excluding hydrogens is 367 g/mol. The summed E-state index contributed by atoms with van der Waals surface area (Å²) in [5.41, 5.74) is 0.385. The van der Waals surface area contributed by atoms with Crippen molar-refractivity contribution in [3.05, 3.63) is 34.6 Å². The predicted molar refractivity (Wildman–Crippen MR) is 106 cm³/mol. The van der Waals surface area contributed by atoms with Crippen molar-refractivity contribution >= 4 is 17.5 Å². The molecule has 1 amide bonds. The second-order valence-electron chi connectivity index (χ2n) is 8.00. The first kappa shape index (κ1) is 20.6. The molecule has 3 rings (SSSR count). The van der Waals surface area contributed by atoms with Crippen LogP contribution in [0.2, 0.25) is 5.02 Å². The Kier molecular flexibility index (Phi) is 7.12. The van der Waals surface area contributed by atoms with Crippen molar-refractivity contribution < 1.29 is 13.9 Å². The van der Waals surface area contributed by atoms with E-state index in [0.29, 0.717) is 12.5 Å². The van der Waals surface area contributed by atoms with Gasteiger partial charge in [-0.1, -0.05) is 24.4 Å². The summed E-state index contributed by atoms with van der Waals surface area (Å²) in [7, 11) is 1.85. The predicted octanol–water partition coefficient (Wildman–Crippen LogP) is 4.27. The Morgan fingerprint density at radius 2 is 2.00 bits per heavy atom. The highest BCUT2D eigenvalue weighted by Crippen LogP contribution is 2.36. The number of carbonyl (C=O) groups excluding carboxylic acids is 1. The summed E-state index contributed by atoms with van der Waals surface area (Å²) in [5, 5.41) is 3.17. The molecule has 2 aliphatic rings. The zero-order chi connectivity index (χ0) is 19.3. The van der Waals surface area contributed by atoms with Crippen LogP contribution in [0.4, 0.5) is 4.39 Å². The number of methoxy groups -OCH3 is 1. The van der Waals surface area contributed by atoms with Crippen LogP contribution in [0, 0.1) is 11.7 Å². The van der Waals surface area contributed by atoms with Crippen LogP contribution >= 0.6 is 11.6 Å². The number of amides is 1. The smallest absolute Gasteiger partial charge is 0.251 e. The van der Waals surface area contributed by atoms with Gasteiger partial charge in [0.05, 0.1) is 5.60 Å². The van der Waals surface area contributed by atoms with Crippen LogP contribution in [0.15, 0.2) is 18.2 Å². The van der Waals surface area contributed by atoms with Crippen molar-refractivity contribution in [2.24, 2.45) is 5.92 Å². The highest BCUT2D eigenvalue weighted by Gasteiger charge is 2.34. The molecule has 0 spiro atoms. The summed E-state index contributed by atoms with van der Waals surface area (Å²) in [4.78, 5) is 14.7. The van der Waals surface area contributed by atoms with Crippen molar-refractivity contribution in [2.75, 3.05) is 33.3 Å². The molecule has 4 nitrogen and oxygen atoms in total. The lowest BCUT2D eigenvalue weighted by atomic mass is 9.94.